The van der Waals surface area contributed by atoms with Crippen LogP contribution in [-0.4, -0.2) is 65.2 Å². The van der Waals surface area contributed by atoms with Gasteiger partial charge in [0.1, 0.15) is 12.1 Å². The Bertz CT molecular complexity index is 830. The van der Waals surface area contributed by atoms with Gasteiger partial charge in [-0.25, -0.2) is 14.4 Å². The van der Waals surface area contributed by atoms with Crippen molar-refractivity contribution in [3.05, 3.63) is 30.3 Å². The summed E-state index contributed by atoms with van der Waals surface area (Å²) in [7, 11) is 0. The lowest BCUT2D eigenvalue weighted by molar-refractivity contribution is -0.143. The number of aliphatic carboxylic acids is 1. The lowest BCUT2D eigenvalue weighted by Crippen LogP contribution is -2.53. The summed E-state index contributed by atoms with van der Waals surface area (Å²) in [5, 5.41) is 20.3. The summed E-state index contributed by atoms with van der Waals surface area (Å²) in [6, 6.07) is 5.96. The van der Waals surface area contributed by atoms with Crippen LogP contribution in [0.4, 0.5) is 15.3 Å². The molecule has 0 aliphatic carbocycles. The Labute approximate surface area is 194 Å². The zero-order valence-corrected chi connectivity index (χ0v) is 19.6. The van der Waals surface area contributed by atoms with Gasteiger partial charge in [-0.3, -0.25) is 4.79 Å². The maximum absolute atomic E-state index is 13.0. The van der Waals surface area contributed by atoms with Gasteiger partial charge < -0.3 is 31.3 Å². The Morgan fingerprint density at radius 3 is 2.30 bits per heavy atom. The molecule has 10 nitrogen and oxygen atoms in total. The van der Waals surface area contributed by atoms with Crippen molar-refractivity contribution < 1.29 is 24.3 Å². The second-order valence-electron chi connectivity index (χ2n) is 9.17. The van der Waals surface area contributed by atoms with Gasteiger partial charge in [0.2, 0.25) is 5.91 Å². The van der Waals surface area contributed by atoms with E-state index < -0.39 is 36.0 Å². The molecule has 0 unspecified atom stereocenters. The summed E-state index contributed by atoms with van der Waals surface area (Å²) in [6.45, 7) is 8.04. The number of anilines is 1. The van der Waals surface area contributed by atoms with Crippen molar-refractivity contribution in [3.8, 4) is 0 Å². The molecule has 5 N–H and O–H groups in total. The first kappa shape index (κ1) is 26.0. The predicted octanol–water partition coefficient (Wildman–Crippen LogP) is 2.23. The molecule has 2 rings (SSSR count). The molecule has 0 saturated carbocycles. The fourth-order valence-corrected chi connectivity index (χ4v) is 3.70. The largest absolute Gasteiger partial charge is 0.480 e. The number of amides is 5. The summed E-state index contributed by atoms with van der Waals surface area (Å²) in [4.78, 5) is 50.8. The summed E-state index contributed by atoms with van der Waals surface area (Å²) < 4.78 is 0. The molecular weight excluding hydrogens is 426 g/mol. The van der Waals surface area contributed by atoms with E-state index in [4.69, 9.17) is 0 Å². The molecule has 0 aromatic heterocycles. The Hall–Kier alpha value is -3.30. The maximum atomic E-state index is 13.0. The molecule has 1 aliphatic rings. The Kier molecular flexibility index (Phi) is 9.50. The third kappa shape index (κ3) is 8.28. The number of nitrogens with one attached hydrogen (secondary N) is 4. The molecule has 33 heavy (non-hydrogen) atoms. The van der Waals surface area contributed by atoms with Crippen molar-refractivity contribution in [1.29, 1.82) is 0 Å². The molecule has 182 valence electrons. The first-order valence-corrected chi connectivity index (χ1v) is 11.3. The molecule has 1 heterocycles. The Morgan fingerprint density at radius 1 is 1.09 bits per heavy atom. The van der Waals surface area contributed by atoms with E-state index in [2.05, 4.69) is 21.3 Å². The van der Waals surface area contributed by atoms with Gasteiger partial charge >= 0.3 is 18.0 Å². The summed E-state index contributed by atoms with van der Waals surface area (Å²) in [5.74, 6) is -1.39. The van der Waals surface area contributed by atoms with Crippen molar-refractivity contribution in [2.24, 2.45) is 11.8 Å². The number of carbonyl (C=O) groups excluding carboxylic acids is 3. The van der Waals surface area contributed by atoms with Crippen molar-refractivity contribution in [2.45, 2.75) is 58.7 Å². The number of rotatable bonds is 11. The van der Waals surface area contributed by atoms with Crippen LogP contribution in [0.3, 0.4) is 0 Å². The highest BCUT2D eigenvalue weighted by atomic mass is 16.4. The zero-order chi connectivity index (χ0) is 24.5. The molecule has 1 fully saturated rings. The number of para-hydroxylation sites is 1. The lowest BCUT2D eigenvalue weighted by atomic mass is 9.99. The van der Waals surface area contributed by atoms with Crippen LogP contribution >= 0.6 is 0 Å². The van der Waals surface area contributed by atoms with Crippen LogP contribution in [0.25, 0.3) is 0 Å². The van der Waals surface area contributed by atoms with Crippen LogP contribution in [0.5, 0.6) is 0 Å². The highest BCUT2D eigenvalue weighted by Gasteiger charge is 2.38. The monoisotopic (exact) mass is 461 g/mol. The minimum absolute atomic E-state index is 0.0857. The number of hydrogen-bond donors (Lipinski definition) is 5. The normalized spacial score (nSPS) is 17.5. The SMILES string of the molecule is CC(C)C[C@H](NC(=O)[C@H](CC(C)C)N1C[C@@H](CNC(=O)Nc2ccccc2)NC1=O)C(=O)O. The average molecular weight is 462 g/mol. The third-order valence-corrected chi connectivity index (χ3v) is 5.24. The summed E-state index contributed by atoms with van der Waals surface area (Å²) >= 11 is 0. The van der Waals surface area contributed by atoms with E-state index in [1.807, 2.05) is 33.8 Å². The van der Waals surface area contributed by atoms with Gasteiger partial charge in [-0.2, -0.15) is 0 Å². The quantitative estimate of drug-likeness (QED) is 0.344. The topological polar surface area (TPSA) is 140 Å². The second kappa shape index (κ2) is 12.1. The zero-order valence-electron chi connectivity index (χ0n) is 19.6. The third-order valence-electron chi connectivity index (χ3n) is 5.24. The van der Waals surface area contributed by atoms with E-state index >= 15 is 0 Å². The number of carboxylic acids is 1. The van der Waals surface area contributed by atoms with E-state index in [1.54, 1.807) is 24.3 Å². The molecule has 0 spiro atoms. The van der Waals surface area contributed by atoms with Crippen molar-refractivity contribution >= 4 is 29.6 Å². The second-order valence-corrected chi connectivity index (χ2v) is 9.17. The van der Waals surface area contributed by atoms with Crippen LogP contribution in [0.1, 0.15) is 40.5 Å². The van der Waals surface area contributed by atoms with Gasteiger partial charge in [-0.1, -0.05) is 45.9 Å². The van der Waals surface area contributed by atoms with E-state index in [9.17, 15) is 24.3 Å². The van der Waals surface area contributed by atoms with Crippen LogP contribution in [-0.2, 0) is 9.59 Å². The molecule has 1 aromatic carbocycles. The number of benzene rings is 1. The molecule has 0 bridgehead atoms. The smallest absolute Gasteiger partial charge is 0.326 e. The number of nitrogens with zero attached hydrogens (tertiary/aromatic N) is 1. The molecular formula is C23H35N5O5. The van der Waals surface area contributed by atoms with Crippen LogP contribution in [0.15, 0.2) is 30.3 Å². The number of carbonyl (C=O) groups is 4. The number of urea groups is 2. The molecule has 3 atom stereocenters. The van der Waals surface area contributed by atoms with Crippen molar-refractivity contribution in [3.63, 3.8) is 0 Å². The van der Waals surface area contributed by atoms with E-state index in [0.717, 1.165) is 0 Å². The first-order chi connectivity index (χ1) is 15.6. The average Bonchev–Trinajstić information content (AvgIpc) is 3.10. The standard InChI is InChI=1S/C23H35N5O5/c1-14(2)10-18(21(30)31)27-20(29)19(11-15(3)4)28-13-17(26-23(28)33)12-24-22(32)25-16-8-6-5-7-9-16/h5-9,14-15,17-19H,10-13H2,1-4H3,(H,26,33)(H,27,29)(H,30,31)(H2,24,25,32)/t17-,18+,19+/m1/s1. The van der Waals surface area contributed by atoms with E-state index in [1.165, 1.54) is 4.90 Å². The molecule has 1 aliphatic heterocycles. The van der Waals surface area contributed by atoms with Gasteiger partial charge in [0.25, 0.3) is 0 Å². The van der Waals surface area contributed by atoms with E-state index in [-0.39, 0.29) is 31.0 Å². The summed E-state index contributed by atoms with van der Waals surface area (Å²) in [5.41, 5.74) is 0.648. The van der Waals surface area contributed by atoms with Gasteiger partial charge in [0.05, 0.1) is 6.04 Å². The Morgan fingerprint density at radius 2 is 1.73 bits per heavy atom. The Balaban J connectivity index is 1.98. The maximum Gasteiger partial charge on any atom is 0.326 e. The van der Waals surface area contributed by atoms with Crippen LogP contribution in [0.2, 0.25) is 0 Å². The molecule has 1 aromatic rings. The van der Waals surface area contributed by atoms with Crippen molar-refractivity contribution in [1.82, 2.24) is 20.9 Å². The van der Waals surface area contributed by atoms with Crippen LogP contribution < -0.4 is 21.3 Å². The van der Waals surface area contributed by atoms with Gasteiger partial charge in [-0.15, -0.1) is 0 Å². The molecule has 10 heteroatoms. The van der Waals surface area contributed by atoms with Gasteiger partial charge in [0, 0.05) is 18.8 Å². The minimum Gasteiger partial charge on any atom is -0.480 e. The van der Waals surface area contributed by atoms with Gasteiger partial charge in [-0.05, 0) is 36.8 Å². The van der Waals surface area contributed by atoms with Gasteiger partial charge in [0.15, 0.2) is 0 Å². The molecule has 0 radical (unpaired) electrons. The fraction of sp³-hybridized carbons (Fsp3) is 0.565. The lowest BCUT2D eigenvalue weighted by Gasteiger charge is -2.29. The summed E-state index contributed by atoms with van der Waals surface area (Å²) in [6.07, 6.45) is 0.687. The molecule has 5 amide bonds. The highest BCUT2D eigenvalue weighted by molar-refractivity contribution is 5.91. The number of carboxylic acid groups (broad SMARTS) is 1. The molecule has 1 saturated heterocycles. The van der Waals surface area contributed by atoms with E-state index in [0.29, 0.717) is 18.5 Å². The first-order valence-electron chi connectivity index (χ1n) is 11.3. The highest BCUT2D eigenvalue weighted by Crippen LogP contribution is 2.17. The predicted molar refractivity (Wildman–Crippen MR) is 125 cm³/mol. The minimum atomic E-state index is -1.10. The number of hydrogen-bond acceptors (Lipinski definition) is 4. The van der Waals surface area contributed by atoms with Crippen molar-refractivity contribution in [2.75, 3.05) is 18.4 Å². The fourth-order valence-electron chi connectivity index (χ4n) is 3.70. The van der Waals surface area contributed by atoms with Crippen LogP contribution in [0, 0.1) is 11.8 Å².